The minimum atomic E-state index is -0.259. The topological polar surface area (TPSA) is 65.5 Å². The van der Waals surface area contributed by atoms with Gasteiger partial charge in [0.1, 0.15) is 6.42 Å². The summed E-state index contributed by atoms with van der Waals surface area (Å²) < 4.78 is 0. The average molecular weight is 366 g/mol. The van der Waals surface area contributed by atoms with Crippen LogP contribution in [0.3, 0.4) is 0 Å². The number of hydrogen-bond acceptors (Lipinski definition) is 4. The molecule has 1 aromatic heterocycles. The van der Waals surface area contributed by atoms with Gasteiger partial charge in [-0.25, -0.2) is 0 Å². The van der Waals surface area contributed by atoms with Gasteiger partial charge in [0.15, 0.2) is 0 Å². The van der Waals surface area contributed by atoms with Gasteiger partial charge in [-0.15, -0.1) is 0 Å². The number of nitrogens with one attached hydrogen (secondary N) is 1. The first-order valence-corrected chi connectivity index (χ1v) is 9.36. The van der Waals surface area contributed by atoms with Crippen LogP contribution in [0.4, 0.5) is 5.69 Å². The maximum absolute atomic E-state index is 12.5. The Morgan fingerprint density at radius 2 is 1.93 bits per heavy atom. The van der Waals surface area contributed by atoms with Gasteiger partial charge in [0, 0.05) is 50.8 Å². The maximum Gasteiger partial charge on any atom is 0.233 e. The van der Waals surface area contributed by atoms with Crippen molar-refractivity contribution in [2.24, 2.45) is 0 Å². The van der Waals surface area contributed by atoms with E-state index in [2.05, 4.69) is 21.3 Å². The molecule has 1 N–H and O–H groups in total. The van der Waals surface area contributed by atoms with Gasteiger partial charge in [0.05, 0.1) is 0 Å². The zero-order chi connectivity index (χ0) is 19.1. The molecular formula is C21H26N4O2. The van der Waals surface area contributed by atoms with Crippen molar-refractivity contribution in [1.82, 2.24) is 14.8 Å². The van der Waals surface area contributed by atoms with Crippen LogP contribution in [0, 0.1) is 6.92 Å². The van der Waals surface area contributed by atoms with Crippen molar-refractivity contribution < 1.29 is 9.59 Å². The van der Waals surface area contributed by atoms with Crippen LogP contribution in [0.2, 0.25) is 0 Å². The van der Waals surface area contributed by atoms with Crippen LogP contribution in [-0.4, -0.2) is 52.8 Å². The van der Waals surface area contributed by atoms with Gasteiger partial charge < -0.3 is 10.2 Å². The number of para-hydroxylation sites is 1. The standard InChI is InChI=1S/C21H26N4O2/c1-17-6-2-3-8-19(17)23-20(26)14-21(27)25-11-5-10-24(12-13-25)16-18-7-4-9-22-15-18/h2-4,6-9,15H,5,10-14,16H2,1H3,(H,23,26). The average Bonchev–Trinajstić information content (AvgIpc) is 2.90. The molecule has 0 radical (unpaired) electrons. The molecular weight excluding hydrogens is 340 g/mol. The number of benzene rings is 1. The van der Waals surface area contributed by atoms with Crippen molar-refractivity contribution in [2.45, 2.75) is 26.3 Å². The number of carbonyl (C=O) groups is 2. The first kappa shape index (κ1) is 19.0. The number of anilines is 1. The molecule has 1 aliphatic rings. The maximum atomic E-state index is 12.5. The van der Waals surface area contributed by atoms with Crippen molar-refractivity contribution in [3.8, 4) is 0 Å². The van der Waals surface area contributed by atoms with E-state index in [0.717, 1.165) is 37.3 Å². The van der Waals surface area contributed by atoms with Gasteiger partial charge in [0.2, 0.25) is 11.8 Å². The second-order valence-electron chi connectivity index (χ2n) is 6.91. The monoisotopic (exact) mass is 366 g/mol. The highest BCUT2D eigenvalue weighted by molar-refractivity contribution is 6.03. The zero-order valence-corrected chi connectivity index (χ0v) is 15.7. The summed E-state index contributed by atoms with van der Waals surface area (Å²) in [5, 5.41) is 2.83. The van der Waals surface area contributed by atoms with E-state index in [1.54, 1.807) is 11.1 Å². The minimum Gasteiger partial charge on any atom is -0.341 e. The quantitative estimate of drug-likeness (QED) is 0.826. The van der Waals surface area contributed by atoms with Crippen LogP contribution in [0.5, 0.6) is 0 Å². The lowest BCUT2D eigenvalue weighted by Crippen LogP contribution is -2.37. The molecule has 0 aliphatic carbocycles. The van der Waals surface area contributed by atoms with Crippen LogP contribution < -0.4 is 5.32 Å². The van der Waals surface area contributed by atoms with Gasteiger partial charge in [-0.2, -0.15) is 0 Å². The van der Waals surface area contributed by atoms with E-state index < -0.39 is 0 Å². The molecule has 1 aliphatic heterocycles. The third-order valence-corrected chi connectivity index (χ3v) is 4.80. The Morgan fingerprint density at radius 3 is 2.70 bits per heavy atom. The SMILES string of the molecule is Cc1ccccc1NC(=O)CC(=O)N1CCCN(Cc2cccnc2)CC1. The third kappa shape index (κ3) is 5.62. The molecule has 0 atom stereocenters. The van der Waals surface area contributed by atoms with E-state index in [0.29, 0.717) is 13.1 Å². The lowest BCUT2D eigenvalue weighted by molar-refractivity contribution is -0.134. The van der Waals surface area contributed by atoms with Gasteiger partial charge >= 0.3 is 0 Å². The molecule has 0 bridgehead atoms. The summed E-state index contributed by atoms with van der Waals surface area (Å²) in [5.74, 6) is -0.366. The Labute approximate surface area is 160 Å². The van der Waals surface area contributed by atoms with E-state index in [9.17, 15) is 9.59 Å². The van der Waals surface area contributed by atoms with Crippen LogP contribution in [0.25, 0.3) is 0 Å². The fraction of sp³-hybridized carbons (Fsp3) is 0.381. The fourth-order valence-electron chi connectivity index (χ4n) is 3.28. The smallest absolute Gasteiger partial charge is 0.233 e. The number of nitrogens with zero attached hydrogens (tertiary/aromatic N) is 3. The molecule has 27 heavy (non-hydrogen) atoms. The number of carbonyl (C=O) groups excluding carboxylic acids is 2. The molecule has 6 nitrogen and oxygen atoms in total. The molecule has 0 saturated carbocycles. The third-order valence-electron chi connectivity index (χ3n) is 4.80. The van der Waals surface area contributed by atoms with Crippen molar-refractivity contribution in [3.63, 3.8) is 0 Å². The summed E-state index contributed by atoms with van der Waals surface area (Å²) in [5.41, 5.74) is 2.92. The van der Waals surface area contributed by atoms with Gasteiger partial charge in [-0.05, 0) is 36.6 Å². The molecule has 142 valence electrons. The number of aryl methyl sites for hydroxylation is 1. The predicted molar refractivity (Wildman–Crippen MR) is 105 cm³/mol. The molecule has 0 unspecified atom stereocenters. The normalized spacial score (nSPS) is 15.2. The Balaban J connectivity index is 1.49. The van der Waals surface area contributed by atoms with Crippen LogP contribution in [-0.2, 0) is 16.1 Å². The summed E-state index contributed by atoms with van der Waals surface area (Å²) in [6.07, 6.45) is 4.44. The van der Waals surface area contributed by atoms with Crippen molar-refractivity contribution in [1.29, 1.82) is 0 Å². The summed E-state index contributed by atoms with van der Waals surface area (Å²) in [6, 6.07) is 11.6. The lowest BCUT2D eigenvalue weighted by Gasteiger charge is -2.22. The van der Waals surface area contributed by atoms with Crippen molar-refractivity contribution >= 4 is 17.5 Å². The van der Waals surface area contributed by atoms with E-state index in [-0.39, 0.29) is 18.2 Å². The Hall–Kier alpha value is -2.73. The summed E-state index contributed by atoms with van der Waals surface area (Å²) in [4.78, 5) is 33.1. The van der Waals surface area contributed by atoms with Gasteiger partial charge in [-0.3, -0.25) is 19.5 Å². The first-order chi connectivity index (χ1) is 13.1. The fourth-order valence-corrected chi connectivity index (χ4v) is 3.28. The number of aromatic nitrogens is 1. The molecule has 3 rings (SSSR count). The van der Waals surface area contributed by atoms with Gasteiger partial charge in [0.25, 0.3) is 0 Å². The van der Waals surface area contributed by atoms with Gasteiger partial charge in [-0.1, -0.05) is 24.3 Å². The minimum absolute atomic E-state index is 0.107. The molecule has 2 heterocycles. The Bertz CT molecular complexity index is 779. The van der Waals surface area contributed by atoms with Crippen molar-refractivity contribution in [3.05, 3.63) is 59.9 Å². The molecule has 1 saturated heterocycles. The molecule has 1 fully saturated rings. The zero-order valence-electron chi connectivity index (χ0n) is 15.7. The van der Waals surface area contributed by atoms with Crippen LogP contribution in [0.15, 0.2) is 48.8 Å². The number of pyridine rings is 1. The first-order valence-electron chi connectivity index (χ1n) is 9.36. The summed E-state index contributed by atoms with van der Waals surface area (Å²) in [6.45, 7) is 5.86. The highest BCUT2D eigenvalue weighted by Crippen LogP contribution is 2.14. The Kier molecular flexibility index (Phi) is 6.54. The number of rotatable bonds is 5. The van der Waals surface area contributed by atoms with Crippen molar-refractivity contribution in [2.75, 3.05) is 31.5 Å². The van der Waals surface area contributed by atoms with E-state index in [1.807, 2.05) is 43.5 Å². The van der Waals surface area contributed by atoms with Crippen LogP contribution >= 0.6 is 0 Å². The van der Waals surface area contributed by atoms with E-state index in [4.69, 9.17) is 0 Å². The predicted octanol–water partition coefficient (Wildman–Crippen LogP) is 2.45. The summed E-state index contributed by atoms with van der Waals surface area (Å²) >= 11 is 0. The second kappa shape index (κ2) is 9.28. The number of amides is 2. The molecule has 1 aromatic carbocycles. The second-order valence-corrected chi connectivity index (χ2v) is 6.91. The lowest BCUT2D eigenvalue weighted by atomic mass is 10.2. The van der Waals surface area contributed by atoms with E-state index in [1.165, 1.54) is 5.56 Å². The molecule has 0 spiro atoms. The molecule has 2 aromatic rings. The number of hydrogen-bond donors (Lipinski definition) is 1. The highest BCUT2D eigenvalue weighted by Gasteiger charge is 2.21. The van der Waals surface area contributed by atoms with Crippen LogP contribution in [0.1, 0.15) is 24.0 Å². The summed E-state index contributed by atoms with van der Waals surface area (Å²) in [7, 11) is 0. The highest BCUT2D eigenvalue weighted by atomic mass is 16.2. The molecule has 2 amide bonds. The van der Waals surface area contributed by atoms with E-state index >= 15 is 0 Å². The largest absolute Gasteiger partial charge is 0.341 e. The molecule has 6 heteroatoms. The Morgan fingerprint density at radius 1 is 1.07 bits per heavy atom.